The van der Waals surface area contributed by atoms with Gasteiger partial charge in [-0.1, -0.05) is 13.8 Å². The highest BCUT2D eigenvalue weighted by Crippen LogP contribution is 2.24. The van der Waals surface area contributed by atoms with E-state index in [0.717, 1.165) is 10.4 Å². The maximum absolute atomic E-state index is 12.5. The number of hydrogen-bond donors (Lipinski definition) is 2. The molecule has 0 fully saturated rings. The van der Waals surface area contributed by atoms with Crippen molar-refractivity contribution in [1.82, 2.24) is 10.0 Å². The summed E-state index contributed by atoms with van der Waals surface area (Å²) < 4.78 is 27.8. The molecule has 2 heterocycles. The second kappa shape index (κ2) is 7.02. The summed E-state index contributed by atoms with van der Waals surface area (Å²) in [5.41, 5.74) is 0.987. The van der Waals surface area contributed by atoms with Gasteiger partial charge in [0, 0.05) is 23.5 Å². The van der Waals surface area contributed by atoms with E-state index in [2.05, 4.69) is 10.0 Å². The van der Waals surface area contributed by atoms with E-state index >= 15 is 0 Å². The molecule has 2 rings (SSSR count). The van der Waals surface area contributed by atoms with E-state index in [9.17, 15) is 8.42 Å². The van der Waals surface area contributed by atoms with E-state index in [1.54, 1.807) is 17.4 Å². The summed E-state index contributed by atoms with van der Waals surface area (Å²) in [6, 6.07) is 3.70. The van der Waals surface area contributed by atoms with Crippen LogP contribution in [-0.4, -0.2) is 14.5 Å². The van der Waals surface area contributed by atoms with Gasteiger partial charge >= 0.3 is 0 Å². The van der Waals surface area contributed by atoms with Gasteiger partial charge in [0.1, 0.15) is 0 Å². The third-order valence-electron chi connectivity index (χ3n) is 3.04. The molecule has 0 aliphatic heterocycles. The first-order valence-corrected chi connectivity index (χ1v) is 10.0. The minimum atomic E-state index is -3.50. The first-order chi connectivity index (χ1) is 9.90. The lowest BCUT2D eigenvalue weighted by atomic mass is 10.2. The third kappa shape index (κ3) is 4.37. The Bertz CT molecular complexity index is 660. The fourth-order valence-electron chi connectivity index (χ4n) is 1.88. The molecule has 0 bridgehead atoms. The van der Waals surface area contributed by atoms with E-state index in [1.807, 2.05) is 43.0 Å². The van der Waals surface area contributed by atoms with Crippen molar-refractivity contribution in [3.63, 3.8) is 0 Å². The minimum Gasteiger partial charge on any atom is -0.310 e. The fourth-order valence-corrected chi connectivity index (χ4v) is 5.26. The number of rotatable bonds is 7. The highest BCUT2D eigenvalue weighted by molar-refractivity contribution is 7.89. The summed E-state index contributed by atoms with van der Waals surface area (Å²) in [6.07, 6.45) is 0. The van der Waals surface area contributed by atoms with E-state index in [1.165, 1.54) is 11.3 Å². The van der Waals surface area contributed by atoms with Crippen LogP contribution in [-0.2, 0) is 16.6 Å². The Kier molecular flexibility index (Phi) is 5.56. The molecule has 21 heavy (non-hydrogen) atoms. The number of thiophene rings is 2. The van der Waals surface area contributed by atoms with Crippen molar-refractivity contribution in [3.05, 3.63) is 38.7 Å². The van der Waals surface area contributed by atoms with Crippen molar-refractivity contribution >= 4 is 32.7 Å². The topological polar surface area (TPSA) is 58.2 Å². The molecule has 0 radical (unpaired) electrons. The Morgan fingerprint density at radius 1 is 1.19 bits per heavy atom. The lowest BCUT2D eigenvalue weighted by Crippen LogP contribution is -2.28. The smallest absolute Gasteiger partial charge is 0.242 e. The normalized spacial score (nSPS) is 13.7. The molecule has 0 aliphatic rings. The van der Waals surface area contributed by atoms with E-state index in [4.69, 9.17) is 0 Å². The molecule has 2 aromatic rings. The minimum absolute atomic E-state index is 0.230. The number of sulfonamides is 1. The summed E-state index contributed by atoms with van der Waals surface area (Å²) in [7, 11) is -3.50. The first kappa shape index (κ1) is 16.6. The van der Waals surface area contributed by atoms with Crippen molar-refractivity contribution in [3.8, 4) is 0 Å². The molecule has 116 valence electrons. The van der Waals surface area contributed by atoms with Crippen LogP contribution >= 0.6 is 22.7 Å². The summed E-state index contributed by atoms with van der Waals surface area (Å²) >= 11 is 3.03. The van der Waals surface area contributed by atoms with E-state index < -0.39 is 10.0 Å². The SMILES string of the molecule is CC(C)NCc1sccc1S(=O)(=O)NC(C)c1ccsc1. The summed E-state index contributed by atoms with van der Waals surface area (Å²) in [5.74, 6) is 0. The van der Waals surface area contributed by atoms with Gasteiger partial charge in [-0.3, -0.25) is 0 Å². The molecule has 0 spiro atoms. The Balaban J connectivity index is 2.14. The molecule has 0 saturated heterocycles. The van der Waals surface area contributed by atoms with Crippen LogP contribution in [0.2, 0.25) is 0 Å². The monoisotopic (exact) mass is 344 g/mol. The van der Waals surface area contributed by atoms with Crippen LogP contribution in [0.5, 0.6) is 0 Å². The highest BCUT2D eigenvalue weighted by Gasteiger charge is 2.22. The van der Waals surface area contributed by atoms with Crippen molar-refractivity contribution in [2.45, 2.75) is 44.3 Å². The zero-order chi connectivity index (χ0) is 15.5. The molecule has 1 atom stereocenters. The predicted octanol–water partition coefficient (Wildman–Crippen LogP) is 3.35. The van der Waals surface area contributed by atoms with E-state index in [0.29, 0.717) is 17.5 Å². The fraction of sp³-hybridized carbons (Fsp3) is 0.429. The van der Waals surface area contributed by atoms with Gasteiger partial charge in [-0.15, -0.1) is 11.3 Å². The molecule has 2 N–H and O–H groups in total. The van der Waals surface area contributed by atoms with Gasteiger partial charge in [0.2, 0.25) is 10.0 Å². The van der Waals surface area contributed by atoms with Crippen LogP contribution in [0.15, 0.2) is 33.2 Å². The summed E-state index contributed by atoms with van der Waals surface area (Å²) in [4.78, 5) is 1.22. The van der Waals surface area contributed by atoms with Crippen LogP contribution in [0.3, 0.4) is 0 Å². The number of hydrogen-bond acceptors (Lipinski definition) is 5. The molecular formula is C14H20N2O2S3. The summed E-state index contributed by atoms with van der Waals surface area (Å²) in [5, 5.41) is 8.99. The van der Waals surface area contributed by atoms with Gasteiger partial charge in [0.25, 0.3) is 0 Å². The predicted molar refractivity (Wildman–Crippen MR) is 89.4 cm³/mol. The van der Waals surface area contributed by atoms with Gasteiger partial charge in [0.15, 0.2) is 0 Å². The van der Waals surface area contributed by atoms with Crippen LogP contribution in [0.25, 0.3) is 0 Å². The van der Waals surface area contributed by atoms with Gasteiger partial charge in [-0.05, 0) is 40.8 Å². The van der Waals surface area contributed by atoms with Gasteiger partial charge in [0.05, 0.1) is 4.90 Å². The Morgan fingerprint density at radius 2 is 1.95 bits per heavy atom. The van der Waals surface area contributed by atoms with E-state index in [-0.39, 0.29) is 6.04 Å². The van der Waals surface area contributed by atoms with Gasteiger partial charge in [-0.2, -0.15) is 11.3 Å². The molecule has 0 aromatic carbocycles. The molecule has 7 heteroatoms. The van der Waals surface area contributed by atoms with Crippen molar-refractivity contribution in [2.75, 3.05) is 0 Å². The molecule has 2 aromatic heterocycles. The molecule has 0 saturated carbocycles. The number of nitrogens with one attached hydrogen (secondary N) is 2. The maximum Gasteiger partial charge on any atom is 0.242 e. The van der Waals surface area contributed by atoms with Crippen LogP contribution in [0, 0.1) is 0 Å². The van der Waals surface area contributed by atoms with Gasteiger partial charge in [-0.25, -0.2) is 13.1 Å². The third-order valence-corrected chi connectivity index (χ3v) is 6.42. The lowest BCUT2D eigenvalue weighted by Gasteiger charge is -2.14. The van der Waals surface area contributed by atoms with Crippen molar-refractivity contribution < 1.29 is 8.42 Å². The zero-order valence-corrected chi connectivity index (χ0v) is 14.7. The second-order valence-electron chi connectivity index (χ2n) is 5.14. The van der Waals surface area contributed by atoms with Crippen molar-refractivity contribution in [2.24, 2.45) is 0 Å². The second-order valence-corrected chi connectivity index (χ2v) is 8.61. The van der Waals surface area contributed by atoms with Crippen molar-refractivity contribution in [1.29, 1.82) is 0 Å². The molecule has 0 aliphatic carbocycles. The Hall–Kier alpha value is -0.730. The Morgan fingerprint density at radius 3 is 2.57 bits per heavy atom. The lowest BCUT2D eigenvalue weighted by molar-refractivity contribution is 0.561. The average molecular weight is 345 g/mol. The maximum atomic E-state index is 12.5. The molecule has 0 amide bonds. The van der Waals surface area contributed by atoms with Gasteiger partial charge < -0.3 is 5.32 Å². The highest BCUT2D eigenvalue weighted by atomic mass is 32.2. The average Bonchev–Trinajstić information content (AvgIpc) is 3.07. The first-order valence-electron chi connectivity index (χ1n) is 6.74. The largest absolute Gasteiger partial charge is 0.310 e. The molecular weight excluding hydrogens is 324 g/mol. The quantitative estimate of drug-likeness (QED) is 0.810. The Labute approximate surface area is 134 Å². The molecule has 1 unspecified atom stereocenters. The van der Waals surface area contributed by atoms with Crippen LogP contribution < -0.4 is 10.0 Å². The zero-order valence-electron chi connectivity index (χ0n) is 12.3. The van der Waals surface area contributed by atoms with Crippen LogP contribution in [0.1, 0.15) is 37.3 Å². The van der Waals surface area contributed by atoms with Crippen LogP contribution in [0.4, 0.5) is 0 Å². The standard InChI is InChI=1S/C14H20N2O2S3/c1-10(2)15-8-13-14(5-7-20-13)21(17,18)16-11(3)12-4-6-19-9-12/h4-7,9-11,15-16H,8H2,1-3H3. The molecule has 4 nitrogen and oxygen atoms in total. The summed E-state index contributed by atoms with van der Waals surface area (Å²) in [6.45, 7) is 6.51.